The van der Waals surface area contributed by atoms with Crippen molar-refractivity contribution in [1.82, 2.24) is 10.2 Å². The first-order valence-corrected chi connectivity index (χ1v) is 7.25. The van der Waals surface area contributed by atoms with E-state index in [2.05, 4.69) is 11.4 Å². The summed E-state index contributed by atoms with van der Waals surface area (Å²) in [4.78, 5) is 26.3. The summed E-state index contributed by atoms with van der Waals surface area (Å²) in [7, 11) is 0. The number of benzene rings is 1. The summed E-state index contributed by atoms with van der Waals surface area (Å²) in [6.45, 7) is 2.73. The number of hydrogen-bond donors (Lipinski definition) is 1. The van der Waals surface area contributed by atoms with Crippen molar-refractivity contribution in [2.45, 2.75) is 44.7 Å². The van der Waals surface area contributed by atoms with E-state index in [0.717, 1.165) is 31.2 Å². The van der Waals surface area contributed by atoms with Crippen molar-refractivity contribution in [3.8, 4) is 0 Å². The van der Waals surface area contributed by atoms with Crippen LogP contribution in [0.25, 0.3) is 0 Å². The summed E-state index contributed by atoms with van der Waals surface area (Å²) in [5.41, 5.74) is 1.65. The zero-order valence-corrected chi connectivity index (χ0v) is 11.8. The van der Waals surface area contributed by atoms with Gasteiger partial charge in [-0.15, -0.1) is 0 Å². The fraction of sp³-hybridized carbons (Fsp3) is 0.500. The minimum atomic E-state index is -0.612. The number of amides is 2. The molecule has 1 spiro atoms. The molecule has 4 nitrogen and oxygen atoms in total. The monoisotopic (exact) mass is 272 g/mol. The number of rotatable bonds is 2. The van der Waals surface area contributed by atoms with Gasteiger partial charge in [0.2, 0.25) is 11.8 Å². The standard InChI is InChI=1S/C16H20N2O2/c1-12-5-4-6-13(9-12)10-18-11-14(19)17-16(15(18)20)7-2-3-8-16/h4-6,9H,2-3,7-8,10-11H2,1H3,(H,17,19). The Balaban J connectivity index is 1.81. The maximum absolute atomic E-state index is 12.7. The van der Waals surface area contributed by atoms with Gasteiger partial charge in [-0.2, -0.15) is 0 Å². The molecule has 1 aliphatic carbocycles. The minimum Gasteiger partial charge on any atom is -0.340 e. The molecule has 1 saturated heterocycles. The lowest BCUT2D eigenvalue weighted by molar-refractivity contribution is -0.150. The molecular weight excluding hydrogens is 252 g/mol. The quantitative estimate of drug-likeness (QED) is 0.892. The van der Waals surface area contributed by atoms with Crippen LogP contribution in [0.15, 0.2) is 24.3 Å². The Bertz CT molecular complexity index is 547. The first-order valence-electron chi connectivity index (χ1n) is 7.25. The van der Waals surface area contributed by atoms with Gasteiger partial charge >= 0.3 is 0 Å². The number of piperazine rings is 1. The Morgan fingerprint density at radius 2 is 2.00 bits per heavy atom. The molecule has 0 unspecified atom stereocenters. The Kier molecular flexibility index (Phi) is 3.24. The van der Waals surface area contributed by atoms with Gasteiger partial charge in [0.25, 0.3) is 0 Å². The van der Waals surface area contributed by atoms with Crippen LogP contribution in [-0.2, 0) is 16.1 Å². The summed E-state index contributed by atoms with van der Waals surface area (Å²) >= 11 is 0. The highest BCUT2D eigenvalue weighted by Crippen LogP contribution is 2.33. The van der Waals surface area contributed by atoms with Crippen LogP contribution in [0.1, 0.15) is 36.8 Å². The third kappa shape index (κ3) is 2.30. The highest BCUT2D eigenvalue weighted by molar-refractivity contribution is 5.98. The van der Waals surface area contributed by atoms with E-state index in [0.29, 0.717) is 6.54 Å². The van der Waals surface area contributed by atoms with Gasteiger partial charge in [-0.25, -0.2) is 0 Å². The van der Waals surface area contributed by atoms with E-state index in [1.54, 1.807) is 4.90 Å². The molecule has 1 aromatic rings. The van der Waals surface area contributed by atoms with Crippen molar-refractivity contribution < 1.29 is 9.59 Å². The third-order valence-electron chi connectivity index (χ3n) is 4.32. The van der Waals surface area contributed by atoms with Crippen LogP contribution in [0.2, 0.25) is 0 Å². The molecule has 1 saturated carbocycles. The highest BCUT2D eigenvalue weighted by Gasteiger charge is 2.48. The van der Waals surface area contributed by atoms with E-state index in [1.165, 1.54) is 5.56 Å². The van der Waals surface area contributed by atoms with Crippen LogP contribution < -0.4 is 5.32 Å². The van der Waals surface area contributed by atoms with E-state index in [-0.39, 0.29) is 18.4 Å². The molecule has 3 rings (SSSR count). The highest BCUT2D eigenvalue weighted by atomic mass is 16.2. The van der Waals surface area contributed by atoms with Gasteiger partial charge in [-0.3, -0.25) is 9.59 Å². The average Bonchev–Trinajstić information content (AvgIpc) is 2.85. The fourth-order valence-corrected chi connectivity index (χ4v) is 3.38. The van der Waals surface area contributed by atoms with Crippen molar-refractivity contribution >= 4 is 11.8 Å². The second kappa shape index (κ2) is 4.93. The van der Waals surface area contributed by atoms with E-state index >= 15 is 0 Å². The second-order valence-corrected chi connectivity index (χ2v) is 5.99. The average molecular weight is 272 g/mol. The molecule has 0 radical (unpaired) electrons. The van der Waals surface area contributed by atoms with Gasteiger partial charge in [-0.05, 0) is 25.3 Å². The van der Waals surface area contributed by atoms with E-state index in [9.17, 15) is 9.59 Å². The van der Waals surface area contributed by atoms with Crippen molar-refractivity contribution in [3.63, 3.8) is 0 Å². The first-order chi connectivity index (χ1) is 9.59. The van der Waals surface area contributed by atoms with Gasteiger partial charge in [0, 0.05) is 6.54 Å². The molecular formula is C16H20N2O2. The van der Waals surface area contributed by atoms with Crippen molar-refractivity contribution in [2.75, 3.05) is 6.54 Å². The van der Waals surface area contributed by atoms with Crippen molar-refractivity contribution in [1.29, 1.82) is 0 Å². The summed E-state index contributed by atoms with van der Waals surface area (Å²) in [5.74, 6) is 0.0651. The minimum absolute atomic E-state index is 0.0286. The van der Waals surface area contributed by atoms with Crippen LogP contribution in [0.3, 0.4) is 0 Å². The molecule has 2 fully saturated rings. The number of hydrogen-bond acceptors (Lipinski definition) is 2. The predicted octanol–water partition coefficient (Wildman–Crippen LogP) is 1.77. The zero-order valence-electron chi connectivity index (χ0n) is 11.8. The van der Waals surface area contributed by atoms with Crippen LogP contribution in [-0.4, -0.2) is 28.8 Å². The van der Waals surface area contributed by atoms with Crippen LogP contribution in [0.4, 0.5) is 0 Å². The Hall–Kier alpha value is -1.84. The second-order valence-electron chi connectivity index (χ2n) is 5.99. The van der Waals surface area contributed by atoms with E-state index in [1.807, 2.05) is 25.1 Å². The SMILES string of the molecule is Cc1cccc(CN2CC(=O)NC3(CCCC3)C2=O)c1. The normalized spacial score (nSPS) is 21.4. The lowest BCUT2D eigenvalue weighted by Crippen LogP contribution is -2.65. The number of carbonyl (C=O) groups is 2. The first kappa shape index (κ1) is 13.2. The van der Waals surface area contributed by atoms with Crippen molar-refractivity contribution in [3.05, 3.63) is 35.4 Å². The molecule has 0 aromatic heterocycles. The number of carbonyl (C=O) groups excluding carboxylic acids is 2. The smallest absolute Gasteiger partial charge is 0.249 e. The van der Waals surface area contributed by atoms with Crippen molar-refractivity contribution in [2.24, 2.45) is 0 Å². The summed E-state index contributed by atoms with van der Waals surface area (Å²) in [6.07, 6.45) is 3.60. The summed E-state index contributed by atoms with van der Waals surface area (Å²) < 4.78 is 0. The fourth-order valence-electron chi connectivity index (χ4n) is 3.38. The van der Waals surface area contributed by atoms with Gasteiger partial charge in [0.1, 0.15) is 5.54 Å². The van der Waals surface area contributed by atoms with Gasteiger partial charge in [0.05, 0.1) is 6.54 Å². The van der Waals surface area contributed by atoms with Crippen LogP contribution in [0.5, 0.6) is 0 Å². The molecule has 1 N–H and O–H groups in total. The Morgan fingerprint density at radius 1 is 1.25 bits per heavy atom. The summed E-state index contributed by atoms with van der Waals surface area (Å²) in [6, 6.07) is 8.10. The lowest BCUT2D eigenvalue weighted by Gasteiger charge is -2.39. The maximum atomic E-state index is 12.7. The molecule has 1 heterocycles. The summed E-state index contributed by atoms with van der Waals surface area (Å²) in [5, 5.41) is 2.94. The van der Waals surface area contributed by atoms with Gasteiger partial charge in [-0.1, -0.05) is 42.7 Å². The molecule has 4 heteroatoms. The molecule has 106 valence electrons. The molecule has 1 aromatic carbocycles. The topological polar surface area (TPSA) is 49.4 Å². The lowest BCUT2D eigenvalue weighted by atomic mass is 9.92. The van der Waals surface area contributed by atoms with E-state index < -0.39 is 5.54 Å². The van der Waals surface area contributed by atoms with Crippen LogP contribution >= 0.6 is 0 Å². The van der Waals surface area contributed by atoms with Crippen LogP contribution in [0, 0.1) is 6.92 Å². The Labute approximate surface area is 119 Å². The van der Waals surface area contributed by atoms with E-state index in [4.69, 9.17) is 0 Å². The molecule has 20 heavy (non-hydrogen) atoms. The predicted molar refractivity (Wildman–Crippen MR) is 75.9 cm³/mol. The van der Waals surface area contributed by atoms with Gasteiger partial charge < -0.3 is 10.2 Å². The zero-order chi connectivity index (χ0) is 14.2. The number of nitrogens with one attached hydrogen (secondary N) is 1. The number of nitrogens with zero attached hydrogens (tertiary/aromatic N) is 1. The molecule has 2 aliphatic rings. The molecule has 2 amide bonds. The molecule has 1 aliphatic heterocycles. The molecule has 0 atom stereocenters. The number of aryl methyl sites for hydroxylation is 1. The van der Waals surface area contributed by atoms with Gasteiger partial charge in [0.15, 0.2) is 0 Å². The Morgan fingerprint density at radius 3 is 2.70 bits per heavy atom. The molecule has 0 bridgehead atoms. The largest absolute Gasteiger partial charge is 0.340 e. The third-order valence-corrected chi connectivity index (χ3v) is 4.32. The maximum Gasteiger partial charge on any atom is 0.249 e.